The average Bonchev–Trinajstić information content (AvgIpc) is 2.19. The van der Waals surface area contributed by atoms with Crippen molar-refractivity contribution in [1.29, 1.82) is 0 Å². The van der Waals surface area contributed by atoms with Gasteiger partial charge in [-0.2, -0.15) is 11.8 Å². The van der Waals surface area contributed by atoms with E-state index < -0.39 is 11.6 Å². The molecule has 1 amide bonds. The van der Waals surface area contributed by atoms with Crippen molar-refractivity contribution in [3.63, 3.8) is 0 Å². The lowest BCUT2D eigenvalue weighted by Crippen LogP contribution is -2.63. The molecule has 1 aliphatic rings. The van der Waals surface area contributed by atoms with E-state index in [9.17, 15) is 9.59 Å². The predicted octanol–water partition coefficient (Wildman–Crippen LogP) is 0.442. The Bertz CT molecular complexity index is 276. The molecule has 6 heteroatoms. The minimum Gasteiger partial charge on any atom is -0.480 e. The zero-order valence-corrected chi connectivity index (χ0v) is 10.4. The number of amides is 1. The van der Waals surface area contributed by atoms with Crippen LogP contribution in [0.1, 0.15) is 13.3 Å². The van der Waals surface area contributed by atoms with Crippen molar-refractivity contribution >= 4 is 23.6 Å². The molecule has 0 aromatic heterocycles. The number of hydrogen-bond acceptors (Lipinski definition) is 4. The number of thioether (sulfide) groups is 1. The van der Waals surface area contributed by atoms with Gasteiger partial charge in [-0.1, -0.05) is 0 Å². The van der Waals surface area contributed by atoms with E-state index >= 15 is 0 Å². The van der Waals surface area contributed by atoms with Crippen molar-refractivity contribution in [3.8, 4) is 0 Å². The number of carboxylic acids is 1. The molecular weight excluding hydrogens is 230 g/mol. The maximum absolute atomic E-state index is 11.6. The summed E-state index contributed by atoms with van der Waals surface area (Å²) in [5.74, 6) is -0.0405. The number of hydrogen-bond donors (Lipinski definition) is 1. The Morgan fingerprint density at radius 3 is 2.62 bits per heavy atom. The molecule has 0 unspecified atom stereocenters. The van der Waals surface area contributed by atoms with Crippen molar-refractivity contribution in [1.82, 2.24) is 4.90 Å². The van der Waals surface area contributed by atoms with Crippen LogP contribution in [0.4, 0.5) is 0 Å². The fraction of sp³-hybridized carbons (Fsp3) is 0.800. The molecule has 1 saturated heterocycles. The minimum atomic E-state index is -0.978. The molecule has 92 valence electrons. The van der Waals surface area contributed by atoms with E-state index in [1.165, 1.54) is 0 Å². The zero-order valence-electron chi connectivity index (χ0n) is 9.56. The van der Waals surface area contributed by atoms with Crippen molar-refractivity contribution in [2.45, 2.75) is 18.9 Å². The summed E-state index contributed by atoms with van der Waals surface area (Å²) in [6.07, 6.45) is 2.50. The molecule has 0 spiro atoms. The van der Waals surface area contributed by atoms with Gasteiger partial charge in [0.15, 0.2) is 0 Å². The molecule has 0 aromatic rings. The molecule has 0 bridgehead atoms. The molecule has 0 aromatic carbocycles. The van der Waals surface area contributed by atoms with Gasteiger partial charge < -0.3 is 14.7 Å². The SMILES string of the molecule is CSCCC(=O)N1CC(C)(OCC(=O)O)C1. The monoisotopic (exact) mass is 247 g/mol. The van der Waals surface area contributed by atoms with Gasteiger partial charge >= 0.3 is 5.97 Å². The highest BCUT2D eigenvalue weighted by Crippen LogP contribution is 2.25. The lowest BCUT2D eigenvalue weighted by atomic mass is 9.96. The van der Waals surface area contributed by atoms with E-state index in [-0.39, 0.29) is 12.5 Å². The first-order valence-corrected chi connectivity index (χ1v) is 6.49. The third-order valence-corrected chi connectivity index (χ3v) is 3.08. The van der Waals surface area contributed by atoms with Crippen LogP contribution in [0.15, 0.2) is 0 Å². The van der Waals surface area contributed by atoms with Crippen LogP contribution in [0.25, 0.3) is 0 Å². The smallest absolute Gasteiger partial charge is 0.329 e. The number of carbonyl (C=O) groups excluding carboxylic acids is 1. The lowest BCUT2D eigenvalue weighted by molar-refractivity contribution is -0.173. The third-order valence-electron chi connectivity index (χ3n) is 2.47. The highest BCUT2D eigenvalue weighted by Gasteiger charge is 2.42. The average molecular weight is 247 g/mol. The lowest BCUT2D eigenvalue weighted by Gasteiger charge is -2.47. The van der Waals surface area contributed by atoms with Crippen LogP contribution in [0.3, 0.4) is 0 Å². The van der Waals surface area contributed by atoms with E-state index in [2.05, 4.69) is 0 Å². The highest BCUT2D eigenvalue weighted by molar-refractivity contribution is 7.98. The summed E-state index contributed by atoms with van der Waals surface area (Å²) < 4.78 is 5.21. The quantitative estimate of drug-likeness (QED) is 0.738. The largest absolute Gasteiger partial charge is 0.480 e. The fourth-order valence-electron chi connectivity index (χ4n) is 1.61. The highest BCUT2D eigenvalue weighted by atomic mass is 32.2. The number of carboxylic acid groups (broad SMARTS) is 1. The first kappa shape index (κ1) is 13.3. The van der Waals surface area contributed by atoms with Crippen molar-refractivity contribution in [2.24, 2.45) is 0 Å². The number of ether oxygens (including phenoxy) is 1. The summed E-state index contributed by atoms with van der Waals surface area (Å²) >= 11 is 1.64. The molecule has 0 aliphatic carbocycles. The molecular formula is C10H17NO4S. The topological polar surface area (TPSA) is 66.8 Å². The summed E-state index contributed by atoms with van der Waals surface area (Å²) in [6, 6.07) is 0. The van der Waals surface area contributed by atoms with Crippen LogP contribution in [0, 0.1) is 0 Å². The van der Waals surface area contributed by atoms with E-state index in [1.807, 2.05) is 13.2 Å². The van der Waals surface area contributed by atoms with Crippen LogP contribution in [-0.2, 0) is 14.3 Å². The maximum atomic E-state index is 11.6. The van der Waals surface area contributed by atoms with Gasteiger partial charge in [-0.25, -0.2) is 4.79 Å². The Hall–Kier alpha value is -0.750. The molecule has 0 atom stereocenters. The molecule has 5 nitrogen and oxygen atoms in total. The standard InChI is InChI=1S/C10H17NO4S/c1-10(15-5-9(13)14)6-11(7-10)8(12)3-4-16-2/h3-7H2,1-2H3,(H,13,14). The van der Waals surface area contributed by atoms with Crippen LogP contribution in [0.5, 0.6) is 0 Å². The second-order valence-electron chi connectivity index (χ2n) is 4.12. The van der Waals surface area contributed by atoms with Gasteiger partial charge in [-0.3, -0.25) is 4.79 Å². The van der Waals surface area contributed by atoms with Crippen molar-refractivity contribution in [3.05, 3.63) is 0 Å². The fourth-order valence-corrected chi connectivity index (χ4v) is 1.99. The van der Waals surface area contributed by atoms with Gasteiger partial charge in [0.1, 0.15) is 12.2 Å². The van der Waals surface area contributed by atoms with Crippen molar-refractivity contribution < 1.29 is 19.4 Å². The molecule has 1 fully saturated rings. The molecule has 1 aliphatic heterocycles. The molecule has 16 heavy (non-hydrogen) atoms. The first-order valence-electron chi connectivity index (χ1n) is 5.09. The third kappa shape index (κ3) is 3.68. The number of aliphatic carboxylic acids is 1. The van der Waals surface area contributed by atoms with E-state index in [0.29, 0.717) is 19.5 Å². The molecule has 0 radical (unpaired) electrons. The summed E-state index contributed by atoms with van der Waals surface area (Å²) in [7, 11) is 0. The Morgan fingerprint density at radius 1 is 1.50 bits per heavy atom. The van der Waals surface area contributed by atoms with Gasteiger partial charge in [0.25, 0.3) is 0 Å². The molecule has 1 rings (SSSR count). The van der Waals surface area contributed by atoms with Crippen molar-refractivity contribution in [2.75, 3.05) is 31.7 Å². The Balaban J connectivity index is 2.24. The maximum Gasteiger partial charge on any atom is 0.329 e. The number of rotatable bonds is 6. The Morgan fingerprint density at radius 2 is 2.12 bits per heavy atom. The molecule has 0 saturated carbocycles. The van der Waals surface area contributed by atoms with Crippen LogP contribution in [0.2, 0.25) is 0 Å². The van der Waals surface area contributed by atoms with Crippen LogP contribution in [-0.4, -0.2) is 59.2 Å². The van der Waals surface area contributed by atoms with E-state index in [0.717, 1.165) is 5.75 Å². The van der Waals surface area contributed by atoms with Gasteiger partial charge in [0.05, 0.1) is 13.1 Å². The van der Waals surface area contributed by atoms with E-state index in [4.69, 9.17) is 9.84 Å². The van der Waals surface area contributed by atoms with Gasteiger partial charge in [-0.15, -0.1) is 0 Å². The van der Waals surface area contributed by atoms with Crippen LogP contribution >= 0.6 is 11.8 Å². The minimum absolute atomic E-state index is 0.116. The predicted molar refractivity (Wildman–Crippen MR) is 61.6 cm³/mol. The molecule has 1 heterocycles. The summed E-state index contributed by atoms with van der Waals surface area (Å²) in [4.78, 5) is 23.6. The Kier molecular flexibility index (Phi) is 4.61. The zero-order chi connectivity index (χ0) is 12.2. The van der Waals surface area contributed by atoms with Crippen LogP contribution < -0.4 is 0 Å². The van der Waals surface area contributed by atoms with E-state index in [1.54, 1.807) is 16.7 Å². The second kappa shape index (κ2) is 5.54. The summed E-state index contributed by atoms with van der Waals surface area (Å²) in [5.41, 5.74) is -0.479. The number of nitrogens with zero attached hydrogens (tertiary/aromatic N) is 1. The molecule has 1 N–H and O–H groups in total. The first-order chi connectivity index (χ1) is 7.47. The van der Waals surface area contributed by atoms with Gasteiger partial charge in [0, 0.05) is 12.2 Å². The summed E-state index contributed by atoms with van der Waals surface area (Å²) in [6.45, 7) is 2.51. The number of likely N-dealkylation sites (tertiary alicyclic amines) is 1. The van der Waals surface area contributed by atoms with Gasteiger partial charge in [-0.05, 0) is 13.2 Å². The Labute approximate surface area is 99.1 Å². The summed E-state index contributed by atoms with van der Waals surface area (Å²) in [5, 5.41) is 8.48. The normalized spacial score (nSPS) is 18.0. The van der Waals surface area contributed by atoms with Gasteiger partial charge in [0.2, 0.25) is 5.91 Å². The number of carbonyl (C=O) groups is 2. The second-order valence-corrected chi connectivity index (χ2v) is 5.11.